The minimum absolute atomic E-state index is 0.676. The molecule has 0 atom stereocenters. The highest BCUT2D eigenvalue weighted by Gasteiger charge is 2.21. The second-order valence-corrected chi connectivity index (χ2v) is 28.5. The number of rotatable bonds is 10. The maximum Gasteiger partial charge on any atom is 0.160 e. The fourth-order valence-electron chi connectivity index (χ4n) is 16.1. The Morgan fingerprint density at radius 3 is 0.911 bits per heavy atom. The summed E-state index contributed by atoms with van der Waals surface area (Å²) >= 11 is 0. The van der Waals surface area contributed by atoms with Crippen LogP contribution in [-0.2, 0) is 0 Å². The van der Waals surface area contributed by atoms with Crippen LogP contribution in [0.2, 0.25) is 0 Å². The van der Waals surface area contributed by atoms with Gasteiger partial charge >= 0.3 is 0 Å². The van der Waals surface area contributed by atoms with Crippen LogP contribution in [0.15, 0.2) is 388 Å². The molecule has 0 aliphatic heterocycles. The Morgan fingerprint density at radius 1 is 0.143 bits per heavy atom. The number of pyridine rings is 4. The normalized spacial score (nSPS) is 11.6. The van der Waals surface area contributed by atoms with Crippen molar-refractivity contribution in [1.82, 2.24) is 39.9 Å². The van der Waals surface area contributed by atoms with Gasteiger partial charge in [0.1, 0.15) is 0 Å². The van der Waals surface area contributed by atoms with Crippen molar-refractivity contribution < 1.29 is 0 Å². The zero-order chi connectivity index (χ0) is 74.0. The molecule has 8 heteroatoms. The van der Waals surface area contributed by atoms with Gasteiger partial charge in [0.25, 0.3) is 0 Å². The number of hydrogen-bond donors (Lipinski definition) is 0. The molecule has 0 unspecified atom stereocenters. The molecule has 0 fully saturated rings. The van der Waals surface area contributed by atoms with Crippen LogP contribution < -0.4 is 0 Å². The average Bonchev–Trinajstić information content (AvgIpc) is 0.743. The predicted molar refractivity (Wildman–Crippen MR) is 465 cm³/mol. The molecule has 112 heavy (non-hydrogen) atoms. The van der Waals surface area contributed by atoms with Crippen LogP contribution in [0.1, 0.15) is 0 Å². The van der Waals surface area contributed by atoms with E-state index in [0.29, 0.717) is 11.6 Å². The molecular formula is C104H64N8. The molecule has 0 N–H and O–H groups in total. The van der Waals surface area contributed by atoms with Crippen molar-refractivity contribution >= 4 is 109 Å². The molecule has 16 aromatic carbocycles. The number of benzene rings is 16. The van der Waals surface area contributed by atoms with Gasteiger partial charge in [-0.2, -0.15) is 0 Å². The SMILES string of the molecule is c1ccc(-c2ccc(-c3nc(-c4ccc5cc6cc(-c7ccc8ccc9c(-c%10ccccc%10)c%10ccccc%10nc9c8n7)ccc6cc5c4)nc4ccccc34)cc2)cc1.c1ccc(-c2ccc(-c3nc(-c4cccc(-c5ccc6ccc7c(-c8ccccc8)c8ccccc8nc7c6n5)c4)nc4ccccc34)cc2)cc1. The van der Waals surface area contributed by atoms with E-state index < -0.39 is 0 Å². The van der Waals surface area contributed by atoms with Gasteiger partial charge in [-0.3, -0.25) is 0 Å². The van der Waals surface area contributed by atoms with Crippen LogP contribution in [-0.4, -0.2) is 39.9 Å². The molecule has 22 rings (SSSR count). The Balaban J connectivity index is 0.000000143. The molecule has 0 saturated heterocycles. The second kappa shape index (κ2) is 27.6. The molecule has 0 radical (unpaired) electrons. The fraction of sp³-hybridized carbons (Fsp3) is 0. The van der Waals surface area contributed by atoms with Gasteiger partial charge in [0.05, 0.1) is 66.9 Å². The van der Waals surface area contributed by atoms with E-state index in [9.17, 15) is 0 Å². The monoisotopic (exact) mass is 1420 g/mol. The number of para-hydroxylation sites is 4. The van der Waals surface area contributed by atoms with Gasteiger partial charge in [-0.1, -0.05) is 322 Å². The van der Waals surface area contributed by atoms with Gasteiger partial charge < -0.3 is 0 Å². The van der Waals surface area contributed by atoms with Crippen LogP contribution in [0.25, 0.3) is 221 Å². The molecular weight excluding hydrogens is 1360 g/mol. The summed E-state index contributed by atoms with van der Waals surface area (Å²) in [6, 6.07) is 136. The maximum absolute atomic E-state index is 5.32. The molecule has 22 aromatic rings. The lowest BCUT2D eigenvalue weighted by Crippen LogP contribution is -1.96. The molecule has 0 amide bonds. The van der Waals surface area contributed by atoms with Crippen LogP contribution in [0.5, 0.6) is 0 Å². The van der Waals surface area contributed by atoms with Crippen LogP contribution >= 0.6 is 0 Å². The Morgan fingerprint density at radius 2 is 0.455 bits per heavy atom. The molecule has 0 aliphatic carbocycles. The number of nitrogens with zero attached hydrogens (tertiary/aromatic N) is 8. The molecule has 8 nitrogen and oxygen atoms in total. The van der Waals surface area contributed by atoms with Crippen molar-refractivity contribution in [3.63, 3.8) is 0 Å². The van der Waals surface area contributed by atoms with Crippen LogP contribution in [0, 0.1) is 0 Å². The highest BCUT2D eigenvalue weighted by Crippen LogP contribution is 2.42. The summed E-state index contributed by atoms with van der Waals surface area (Å²) in [6.45, 7) is 0. The molecule has 520 valence electrons. The standard InChI is InChI=1S/C56H34N4.C48H30N4/c1-3-11-35(12-4-1)36-19-21-38(22-20-36)53-47-16-8-10-18-51(47)59-56(60-53)43-26-24-41-31-44-33-42(25-23-40(44)32-45(41)34-43)49-30-28-39-27-29-48-52(37-13-5-2-6-14-37)46-15-7-9-17-50(46)58-55(48)54(39)57-49;1-3-12-31(13-4-1)32-22-24-34(25-23-32)45-39-19-8-10-21-43(39)51-48(52-45)37-17-11-16-36(30-37)41-29-27-35-26-28-40-44(33-14-5-2-6-15-33)38-18-7-9-20-42(38)50-47(40)46(35)49-41/h1-34H;1-30H. The summed E-state index contributed by atoms with van der Waals surface area (Å²) in [5.41, 5.74) is 26.5. The van der Waals surface area contributed by atoms with Crippen molar-refractivity contribution in [1.29, 1.82) is 0 Å². The number of fused-ring (bicyclic) bond motifs is 12. The topological polar surface area (TPSA) is 103 Å². The molecule has 0 aliphatic rings. The third-order valence-electron chi connectivity index (χ3n) is 21.6. The minimum Gasteiger partial charge on any atom is -0.245 e. The molecule has 0 spiro atoms. The fourth-order valence-corrected chi connectivity index (χ4v) is 16.1. The first kappa shape index (κ1) is 65.2. The summed E-state index contributed by atoms with van der Waals surface area (Å²) in [7, 11) is 0. The average molecular weight is 1430 g/mol. The summed E-state index contributed by atoms with van der Waals surface area (Å²) in [5, 5.41) is 13.2. The summed E-state index contributed by atoms with van der Waals surface area (Å²) in [4.78, 5) is 41.6. The van der Waals surface area contributed by atoms with E-state index in [1.807, 2.05) is 36.4 Å². The summed E-state index contributed by atoms with van der Waals surface area (Å²) in [5.74, 6) is 1.39. The Bertz CT molecular complexity index is 7470. The molecule has 6 aromatic heterocycles. The third kappa shape index (κ3) is 11.9. The lowest BCUT2D eigenvalue weighted by atomic mass is 9.95. The molecule has 0 saturated carbocycles. The Hall–Kier alpha value is -15.1. The zero-order valence-corrected chi connectivity index (χ0v) is 60.5. The van der Waals surface area contributed by atoms with E-state index in [1.165, 1.54) is 38.9 Å². The first-order valence-electron chi connectivity index (χ1n) is 37.8. The van der Waals surface area contributed by atoms with Crippen molar-refractivity contribution in [2.45, 2.75) is 0 Å². The van der Waals surface area contributed by atoms with Gasteiger partial charge in [0.15, 0.2) is 11.6 Å². The van der Waals surface area contributed by atoms with E-state index in [2.05, 4.69) is 352 Å². The number of aromatic nitrogens is 8. The van der Waals surface area contributed by atoms with Crippen molar-refractivity contribution in [2.75, 3.05) is 0 Å². The van der Waals surface area contributed by atoms with Crippen molar-refractivity contribution in [2.24, 2.45) is 0 Å². The number of hydrogen-bond acceptors (Lipinski definition) is 8. The van der Waals surface area contributed by atoms with Crippen LogP contribution in [0.3, 0.4) is 0 Å². The summed E-state index contributed by atoms with van der Waals surface area (Å²) in [6.07, 6.45) is 0. The maximum atomic E-state index is 5.32. The highest BCUT2D eigenvalue weighted by atomic mass is 14.9. The Kier molecular flexibility index (Phi) is 16.1. The van der Waals surface area contributed by atoms with Gasteiger partial charge in [-0.25, -0.2) is 39.9 Å². The highest BCUT2D eigenvalue weighted by molar-refractivity contribution is 6.18. The van der Waals surface area contributed by atoms with Gasteiger partial charge in [-0.05, 0) is 122 Å². The molecule has 6 heterocycles. The second-order valence-electron chi connectivity index (χ2n) is 28.5. The first-order valence-corrected chi connectivity index (χ1v) is 37.8. The van der Waals surface area contributed by atoms with Gasteiger partial charge in [0.2, 0.25) is 0 Å². The van der Waals surface area contributed by atoms with E-state index in [0.717, 1.165) is 170 Å². The largest absolute Gasteiger partial charge is 0.245 e. The third-order valence-corrected chi connectivity index (χ3v) is 21.6. The first-order chi connectivity index (χ1) is 55.5. The van der Waals surface area contributed by atoms with Crippen molar-refractivity contribution in [3.05, 3.63) is 388 Å². The molecule has 0 bridgehead atoms. The summed E-state index contributed by atoms with van der Waals surface area (Å²) < 4.78 is 0. The zero-order valence-electron chi connectivity index (χ0n) is 60.5. The quantitative estimate of drug-likeness (QED) is 0.0985. The minimum atomic E-state index is 0.676. The Labute approximate surface area is 645 Å². The van der Waals surface area contributed by atoms with Gasteiger partial charge in [0, 0.05) is 87.6 Å². The van der Waals surface area contributed by atoms with E-state index >= 15 is 0 Å². The van der Waals surface area contributed by atoms with Gasteiger partial charge in [-0.15, -0.1) is 0 Å². The van der Waals surface area contributed by atoms with Crippen molar-refractivity contribution in [3.8, 4) is 112 Å². The van der Waals surface area contributed by atoms with E-state index in [4.69, 9.17) is 39.9 Å². The lowest BCUT2D eigenvalue weighted by Gasteiger charge is -2.13. The lowest BCUT2D eigenvalue weighted by molar-refractivity contribution is 1.23. The predicted octanol–water partition coefficient (Wildman–Crippen LogP) is 26.7. The smallest absolute Gasteiger partial charge is 0.160 e. The van der Waals surface area contributed by atoms with Crippen LogP contribution in [0.4, 0.5) is 0 Å². The van der Waals surface area contributed by atoms with E-state index in [-0.39, 0.29) is 0 Å². The van der Waals surface area contributed by atoms with E-state index in [1.54, 1.807) is 0 Å².